The van der Waals surface area contributed by atoms with Crippen LogP contribution in [0.15, 0.2) is 47.5 Å². The lowest BCUT2D eigenvalue weighted by Gasteiger charge is -2.22. The van der Waals surface area contributed by atoms with Crippen molar-refractivity contribution in [2.24, 2.45) is 5.73 Å². The Hall–Kier alpha value is -3.13. The number of pyridine rings is 1. The number of carbonyl (C=O) groups excluding carboxylic acids is 1. The van der Waals surface area contributed by atoms with E-state index in [9.17, 15) is 28.1 Å². The largest absolute Gasteiger partial charge is 0.459 e. The number of amides is 2. The number of carbonyl (C=O) groups is 1. The summed E-state index contributed by atoms with van der Waals surface area (Å²) in [5, 5.41) is 21.6. The molecular weight excluding hydrogens is 473 g/mol. The quantitative estimate of drug-likeness (QED) is 0.243. The molecule has 0 aliphatic heterocycles. The summed E-state index contributed by atoms with van der Waals surface area (Å²) in [6.07, 6.45) is 6.36. The summed E-state index contributed by atoms with van der Waals surface area (Å²) in [5.74, 6) is 0. The number of hydrogen-bond donors (Lipinski definition) is 7. The molecule has 1 aromatic carbocycles. The van der Waals surface area contributed by atoms with E-state index in [1.165, 1.54) is 18.5 Å². The second kappa shape index (κ2) is 10.6. The molecule has 1 atom stereocenters. The predicted octanol–water partition coefficient (Wildman–Crippen LogP) is 0.623. The van der Waals surface area contributed by atoms with Crippen LogP contribution in [0.5, 0.6) is 0 Å². The molecule has 188 valence electrons. The first-order chi connectivity index (χ1) is 16.4. The van der Waals surface area contributed by atoms with E-state index in [1.54, 1.807) is 26.0 Å². The fraction of sp³-hybridized carbons (Fsp3) is 0.364. The summed E-state index contributed by atoms with van der Waals surface area (Å²) in [5.41, 5.74) is 9.03. The van der Waals surface area contributed by atoms with E-state index in [1.807, 2.05) is 10.8 Å². The molecule has 0 saturated carbocycles. The lowest BCUT2D eigenvalue weighted by molar-refractivity contribution is 0.256. The SMILES string of the molecule is CC(C)(CN/C=C\C(N)S(=O)(=O)NC(=O)Nc1c(-c2cc[nH]c(=O)c2)ccc2c1CCC2)B(O)O. The number of nitrogens with two attached hydrogens (primary N) is 1. The van der Waals surface area contributed by atoms with Crippen molar-refractivity contribution in [3.8, 4) is 11.1 Å². The van der Waals surface area contributed by atoms with Gasteiger partial charge in [-0.3, -0.25) is 4.79 Å². The molecule has 0 radical (unpaired) electrons. The van der Waals surface area contributed by atoms with Gasteiger partial charge in [-0.15, -0.1) is 0 Å². The van der Waals surface area contributed by atoms with Gasteiger partial charge in [-0.1, -0.05) is 26.0 Å². The fourth-order valence-corrected chi connectivity index (χ4v) is 4.41. The summed E-state index contributed by atoms with van der Waals surface area (Å²) < 4.78 is 27.1. The molecule has 13 heteroatoms. The van der Waals surface area contributed by atoms with Crippen LogP contribution in [0.1, 0.15) is 31.4 Å². The minimum Gasteiger partial charge on any atom is -0.427 e. The molecule has 1 aliphatic carbocycles. The molecule has 11 nitrogen and oxygen atoms in total. The van der Waals surface area contributed by atoms with Gasteiger partial charge in [0.1, 0.15) is 5.37 Å². The highest BCUT2D eigenvalue weighted by molar-refractivity contribution is 7.90. The van der Waals surface area contributed by atoms with E-state index in [-0.39, 0.29) is 12.1 Å². The third-order valence-electron chi connectivity index (χ3n) is 5.86. The van der Waals surface area contributed by atoms with Crippen molar-refractivity contribution >= 4 is 28.9 Å². The summed E-state index contributed by atoms with van der Waals surface area (Å²) in [4.78, 5) is 27.1. The highest BCUT2D eigenvalue weighted by Crippen LogP contribution is 2.37. The number of H-pyrrole nitrogens is 1. The molecule has 0 saturated heterocycles. The highest BCUT2D eigenvalue weighted by Gasteiger charge is 2.31. The number of fused-ring (bicyclic) bond motifs is 1. The maximum atomic E-state index is 12.7. The van der Waals surface area contributed by atoms with Gasteiger partial charge in [0.2, 0.25) is 5.56 Å². The van der Waals surface area contributed by atoms with E-state index in [0.29, 0.717) is 23.2 Å². The van der Waals surface area contributed by atoms with Crippen LogP contribution in [-0.2, 0) is 22.9 Å². The Morgan fingerprint density at radius 2 is 2.03 bits per heavy atom. The number of sulfonamides is 1. The van der Waals surface area contributed by atoms with Crippen molar-refractivity contribution in [1.82, 2.24) is 15.0 Å². The molecule has 1 aromatic heterocycles. The Morgan fingerprint density at radius 3 is 2.71 bits per heavy atom. The van der Waals surface area contributed by atoms with Crippen molar-refractivity contribution in [3.63, 3.8) is 0 Å². The molecule has 2 aromatic rings. The normalized spacial score (nSPS) is 14.4. The molecule has 35 heavy (non-hydrogen) atoms. The number of aromatic amines is 1. The average Bonchev–Trinajstić information content (AvgIpc) is 3.25. The zero-order chi connectivity index (χ0) is 25.8. The zero-order valence-corrected chi connectivity index (χ0v) is 20.4. The van der Waals surface area contributed by atoms with Crippen molar-refractivity contribution < 1.29 is 23.3 Å². The van der Waals surface area contributed by atoms with Gasteiger partial charge < -0.3 is 31.4 Å². The van der Waals surface area contributed by atoms with Gasteiger partial charge >= 0.3 is 13.1 Å². The second-order valence-electron chi connectivity index (χ2n) is 9.09. The van der Waals surface area contributed by atoms with Crippen molar-refractivity contribution in [2.45, 2.75) is 43.8 Å². The minimum atomic E-state index is -4.27. The van der Waals surface area contributed by atoms with Crippen LogP contribution >= 0.6 is 0 Å². The van der Waals surface area contributed by atoms with E-state index >= 15 is 0 Å². The average molecular weight is 503 g/mol. The van der Waals surface area contributed by atoms with Crippen molar-refractivity contribution in [1.29, 1.82) is 0 Å². The second-order valence-corrected chi connectivity index (χ2v) is 10.9. The first-order valence-corrected chi connectivity index (χ1v) is 12.6. The number of urea groups is 1. The number of nitrogens with one attached hydrogen (secondary N) is 4. The minimum absolute atomic E-state index is 0.145. The van der Waals surface area contributed by atoms with Crippen LogP contribution in [0.4, 0.5) is 10.5 Å². The van der Waals surface area contributed by atoms with Gasteiger partial charge in [-0.05, 0) is 54.3 Å². The van der Waals surface area contributed by atoms with Crippen LogP contribution in [-0.4, -0.2) is 48.5 Å². The number of aromatic nitrogens is 1. The number of rotatable bonds is 9. The Kier molecular flexibility index (Phi) is 8.05. The summed E-state index contributed by atoms with van der Waals surface area (Å²) >= 11 is 0. The van der Waals surface area contributed by atoms with Crippen LogP contribution in [0.25, 0.3) is 11.1 Å². The van der Waals surface area contributed by atoms with Gasteiger partial charge in [0.25, 0.3) is 10.0 Å². The van der Waals surface area contributed by atoms with Gasteiger partial charge in [-0.25, -0.2) is 17.9 Å². The first-order valence-electron chi connectivity index (χ1n) is 11.1. The first kappa shape index (κ1) is 26.5. The Balaban J connectivity index is 1.74. The molecule has 1 aliphatic rings. The third-order valence-corrected chi connectivity index (χ3v) is 7.20. The maximum absolute atomic E-state index is 12.7. The molecular formula is C22H30BN5O6S. The smallest absolute Gasteiger partial charge is 0.427 e. The number of anilines is 1. The Morgan fingerprint density at radius 1 is 1.29 bits per heavy atom. The molecule has 1 unspecified atom stereocenters. The van der Waals surface area contributed by atoms with Crippen LogP contribution in [0.2, 0.25) is 5.31 Å². The predicted molar refractivity (Wildman–Crippen MR) is 135 cm³/mol. The lowest BCUT2D eigenvalue weighted by Crippen LogP contribution is -2.44. The summed E-state index contributed by atoms with van der Waals surface area (Å²) in [6.45, 7) is 3.37. The molecule has 0 spiro atoms. The molecule has 8 N–H and O–H groups in total. The standard InChI is InChI=1S/C22H30BN5O6S/c1-22(2,23(31)32)13-25-10-9-18(24)35(33,34)28-21(30)27-20-16-5-3-4-14(16)6-7-17(20)15-8-11-26-19(29)12-15/h6-12,18,25,31-32H,3-5,13,24H2,1-2H3,(H,26,29)(H2,27,28,30)/b10-9-. The number of benzene rings is 1. The topological polar surface area (TPSA) is 187 Å². The number of aryl methyl sites for hydroxylation is 1. The monoisotopic (exact) mass is 503 g/mol. The van der Waals surface area contributed by atoms with Crippen LogP contribution < -0.4 is 26.6 Å². The number of hydrogen-bond acceptors (Lipinski definition) is 8. The van der Waals surface area contributed by atoms with E-state index in [0.717, 1.165) is 30.0 Å². The van der Waals surface area contributed by atoms with Gasteiger partial charge in [-0.2, -0.15) is 0 Å². The van der Waals surface area contributed by atoms with Gasteiger partial charge in [0.15, 0.2) is 0 Å². The van der Waals surface area contributed by atoms with Crippen LogP contribution in [0.3, 0.4) is 0 Å². The zero-order valence-electron chi connectivity index (χ0n) is 19.5. The third kappa shape index (κ3) is 6.51. The van der Waals surface area contributed by atoms with E-state index in [4.69, 9.17) is 5.73 Å². The summed E-state index contributed by atoms with van der Waals surface area (Å²) in [7, 11) is -5.84. The van der Waals surface area contributed by atoms with Gasteiger partial charge in [0.05, 0.1) is 5.69 Å². The molecule has 0 fully saturated rings. The Bertz CT molecular complexity index is 1280. The maximum Gasteiger partial charge on any atom is 0.459 e. The Labute approximate surface area is 204 Å². The van der Waals surface area contributed by atoms with E-state index in [2.05, 4.69) is 15.6 Å². The molecule has 3 rings (SSSR count). The highest BCUT2D eigenvalue weighted by atomic mass is 32.2. The van der Waals surface area contributed by atoms with E-state index < -0.39 is 33.9 Å². The molecule has 0 bridgehead atoms. The van der Waals surface area contributed by atoms with Crippen molar-refractivity contribution in [2.75, 3.05) is 11.9 Å². The van der Waals surface area contributed by atoms with Crippen molar-refractivity contribution in [3.05, 3.63) is 64.2 Å². The fourth-order valence-electron chi connectivity index (χ4n) is 3.68. The molecule has 1 heterocycles. The lowest BCUT2D eigenvalue weighted by atomic mass is 9.60. The van der Waals surface area contributed by atoms with Gasteiger partial charge in [0, 0.05) is 29.7 Å². The van der Waals surface area contributed by atoms with Crippen LogP contribution in [0, 0.1) is 0 Å². The molecule has 2 amide bonds. The summed E-state index contributed by atoms with van der Waals surface area (Å²) in [6, 6.07) is 5.87.